The average molecular weight is 711 g/mol. The highest BCUT2D eigenvalue weighted by Crippen LogP contribution is 2.47. The van der Waals surface area contributed by atoms with Gasteiger partial charge in [-0.15, -0.1) is 6.42 Å². The second-order valence-electron chi connectivity index (χ2n) is 14.7. The molecular formula is C40H39F3N5O4+. The number of phenols is 1. The first-order valence-corrected chi connectivity index (χ1v) is 17.9. The van der Waals surface area contributed by atoms with Gasteiger partial charge in [-0.1, -0.05) is 12.0 Å². The number of hydrogen-bond acceptors (Lipinski definition) is 8. The number of aryl methyl sites for hydroxylation is 1. The van der Waals surface area contributed by atoms with E-state index in [9.17, 15) is 9.50 Å². The summed E-state index contributed by atoms with van der Waals surface area (Å²) in [5.74, 6) is 1.93. The lowest BCUT2D eigenvalue weighted by atomic mass is 9.91. The van der Waals surface area contributed by atoms with E-state index < -0.39 is 23.3 Å². The molecule has 0 amide bonds. The van der Waals surface area contributed by atoms with Crippen molar-refractivity contribution in [2.24, 2.45) is 0 Å². The Hall–Kier alpha value is -4.70. The highest BCUT2D eigenvalue weighted by atomic mass is 19.1. The molecule has 0 spiro atoms. The fourth-order valence-corrected chi connectivity index (χ4v) is 9.27. The molecule has 1 N–H and O–H groups in total. The van der Waals surface area contributed by atoms with E-state index in [1.54, 1.807) is 14.0 Å². The zero-order valence-corrected chi connectivity index (χ0v) is 29.1. The van der Waals surface area contributed by atoms with E-state index in [1.165, 1.54) is 24.3 Å². The van der Waals surface area contributed by atoms with Gasteiger partial charge in [0.15, 0.2) is 5.82 Å². The Morgan fingerprint density at radius 3 is 2.83 bits per heavy atom. The quantitative estimate of drug-likeness (QED) is 0.104. The minimum Gasteiger partial charge on any atom is -0.508 e. The molecule has 4 aliphatic rings. The molecule has 0 aliphatic carbocycles. The van der Waals surface area contributed by atoms with Crippen LogP contribution in [0.4, 0.5) is 19.0 Å². The monoisotopic (exact) mass is 710 g/mol. The maximum absolute atomic E-state index is 17.6. The van der Waals surface area contributed by atoms with Crippen LogP contribution >= 0.6 is 0 Å². The van der Waals surface area contributed by atoms with E-state index in [0.29, 0.717) is 47.3 Å². The molecule has 4 aliphatic heterocycles. The van der Waals surface area contributed by atoms with Gasteiger partial charge < -0.3 is 19.0 Å². The minimum absolute atomic E-state index is 0.00320. The third kappa shape index (κ3) is 5.16. The Morgan fingerprint density at radius 2 is 2.04 bits per heavy atom. The molecule has 3 saturated heterocycles. The number of benzene rings is 3. The number of hydrogen-bond donors (Lipinski definition) is 1. The van der Waals surface area contributed by atoms with Crippen molar-refractivity contribution in [2.75, 3.05) is 53.0 Å². The molecule has 268 valence electrons. The Bertz CT molecular complexity index is 2370. The van der Waals surface area contributed by atoms with Gasteiger partial charge in [0, 0.05) is 67.5 Å². The minimum atomic E-state index is -0.937. The number of likely N-dealkylation sites (tertiary alicyclic amines) is 1. The molecule has 2 bridgehead atoms. The number of methoxy groups -OCH3 is 1. The van der Waals surface area contributed by atoms with Crippen LogP contribution in [0, 0.1) is 30.9 Å². The zero-order valence-electron chi connectivity index (χ0n) is 29.1. The van der Waals surface area contributed by atoms with Crippen LogP contribution in [0.2, 0.25) is 0 Å². The summed E-state index contributed by atoms with van der Waals surface area (Å²) in [5.41, 5.74) is 1.00. The first kappa shape index (κ1) is 33.2. The number of terminal acetylenes is 1. The van der Waals surface area contributed by atoms with Crippen molar-refractivity contribution >= 4 is 44.2 Å². The van der Waals surface area contributed by atoms with Gasteiger partial charge in [0.25, 0.3) is 0 Å². The Kier molecular flexibility index (Phi) is 7.95. The van der Waals surface area contributed by atoms with Crippen LogP contribution in [0.15, 0.2) is 34.7 Å². The molecule has 9 rings (SSSR count). The number of halogens is 3. The van der Waals surface area contributed by atoms with Crippen LogP contribution in [0.1, 0.15) is 43.4 Å². The number of phenolic OH excluding ortho intramolecular Hbond substituents is 1. The van der Waals surface area contributed by atoms with Crippen molar-refractivity contribution in [3.8, 4) is 35.2 Å². The summed E-state index contributed by atoms with van der Waals surface area (Å²) in [7, 11) is 1.70. The average Bonchev–Trinajstić information content (AvgIpc) is 3.78. The highest BCUT2D eigenvalue weighted by molar-refractivity contribution is 6.17. The van der Waals surface area contributed by atoms with Crippen LogP contribution in [0.3, 0.4) is 0 Å². The van der Waals surface area contributed by atoms with E-state index in [-0.39, 0.29) is 57.6 Å². The van der Waals surface area contributed by atoms with E-state index in [2.05, 4.69) is 20.3 Å². The van der Waals surface area contributed by atoms with E-state index >= 15 is 8.78 Å². The molecule has 52 heavy (non-hydrogen) atoms. The number of alkyl halides is 1. The molecule has 2 unspecified atom stereocenters. The SMILES string of the molecule is C#Cc1c(F)ccc2cc(O)cc(-c3c(F)c4nc(OCC56CCCN5C[C@H](F)C6)nc([N+]5=C6CC5CN(CCCOC)C6)c4c4cc(C)oc34)c12. The number of fused-ring (bicyclic) bond motifs is 7. The third-order valence-corrected chi connectivity index (χ3v) is 11.4. The van der Waals surface area contributed by atoms with Gasteiger partial charge in [-0.05, 0) is 62.4 Å². The first-order valence-electron chi connectivity index (χ1n) is 17.9. The van der Waals surface area contributed by atoms with Crippen LogP contribution in [-0.2, 0) is 4.74 Å². The van der Waals surface area contributed by atoms with Gasteiger partial charge in [0.2, 0.25) is 0 Å². The molecule has 0 saturated carbocycles. The van der Waals surface area contributed by atoms with Crippen molar-refractivity contribution in [1.82, 2.24) is 19.8 Å². The Morgan fingerprint density at radius 1 is 1.17 bits per heavy atom. The normalized spacial score (nSPS) is 23.2. The molecule has 6 heterocycles. The number of piperidine rings is 1. The molecule has 2 aromatic heterocycles. The zero-order chi connectivity index (χ0) is 35.9. The molecule has 3 aromatic carbocycles. The standard InChI is InChI=1S/C40H38F3N5O4/c1-4-28-31(42)8-7-23-14-27(49)16-29(32(23)28)33-35(43)36-34(30-13-22(2)52-37(30)33)38(48-25-15-26(48)20-46(19-25)10-6-12-50-3)45-39(44-36)51-21-40-9-5-11-47(40)18-24(41)17-40/h1,7-8,13-14,16,24-25H,5-6,9-12,15,17-21H2,2-3H3/p+1/t24-,25?,40?/m1/s1. The maximum atomic E-state index is 17.6. The van der Waals surface area contributed by atoms with Gasteiger partial charge >= 0.3 is 11.8 Å². The number of furan rings is 1. The third-order valence-electron chi connectivity index (χ3n) is 11.4. The van der Waals surface area contributed by atoms with Crippen molar-refractivity contribution in [2.45, 2.75) is 56.8 Å². The lowest BCUT2D eigenvalue weighted by molar-refractivity contribution is -0.525. The molecule has 12 heteroatoms. The van der Waals surface area contributed by atoms with Crippen LogP contribution < -0.4 is 4.74 Å². The molecule has 3 atom stereocenters. The highest BCUT2D eigenvalue weighted by Gasteiger charge is 2.50. The lowest BCUT2D eigenvalue weighted by Gasteiger charge is -2.41. The number of rotatable bonds is 9. The maximum Gasteiger partial charge on any atom is 0.434 e. The van der Waals surface area contributed by atoms with Gasteiger partial charge in [-0.3, -0.25) is 9.80 Å². The molecular weight excluding hydrogens is 671 g/mol. The van der Waals surface area contributed by atoms with Crippen molar-refractivity contribution < 1.29 is 36.7 Å². The van der Waals surface area contributed by atoms with E-state index in [4.69, 9.17) is 30.3 Å². The van der Waals surface area contributed by atoms with Crippen molar-refractivity contribution in [3.63, 3.8) is 0 Å². The summed E-state index contributed by atoms with van der Waals surface area (Å²) in [5, 5.41) is 12.6. The van der Waals surface area contributed by atoms with E-state index in [0.717, 1.165) is 57.6 Å². The fraction of sp³-hybridized carbons (Fsp3) is 0.425. The number of aromatic hydroxyl groups is 1. The lowest BCUT2D eigenvalue weighted by Crippen LogP contribution is -2.58. The van der Waals surface area contributed by atoms with E-state index in [1.807, 2.05) is 6.07 Å². The van der Waals surface area contributed by atoms with Gasteiger partial charge in [0.1, 0.15) is 52.6 Å². The Balaban J connectivity index is 1.27. The van der Waals surface area contributed by atoms with Gasteiger partial charge in [-0.25, -0.2) is 17.7 Å². The topological polar surface area (TPSA) is 87.1 Å². The second kappa shape index (κ2) is 12.5. The number of aromatic nitrogens is 2. The molecule has 0 radical (unpaired) electrons. The van der Waals surface area contributed by atoms with Gasteiger partial charge in [-0.2, -0.15) is 4.98 Å². The summed E-state index contributed by atoms with van der Waals surface area (Å²) >= 11 is 0. The molecule has 3 fully saturated rings. The number of nitrogens with zero attached hydrogens (tertiary/aromatic N) is 5. The predicted octanol–water partition coefficient (Wildman–Crippen LogP) is 6.63. The second-order valence-corrected chi connectivity index (χ2v) is 14.7. The smallest absolute Gasteiger partial charge is 0.434 e. The van der Waals surface area contributed by atoms with Crippen molar-refractivity contribution in [3.05, 3.63) is 53.3 Å². The van der Waals surface area contributed by atoms with Crippen LogP contribution in [0.5, 0.6) is 11.8 Å². The predicted molar refractivity (Wildman–Crippen MR) is 191 cm³/mol. The Labute approximate surface area is 298 Å². The van der Waals surface area contributed by atoms with Crippen molar-refractivity contribution in [1.29, 1.82) is 0 Å². The van der Waals surface area contributed by atoms with Crippen LogP contribution in [-0.4, -0.2) is 106 Å². The summed E-state index contributed by atoms with van der Waals surface area (Å²) < 4.78 is 67.6. The summed E-state index contributed by atoms with van der Waals surface area (Å²) in [4.78, 5) is 14.3. The molecule has 5 aromatic rings. The number of ether oxygens (including phenoxy) is 2. The first-order chi connectivity index (χ1) is 25.2. The summed E-state index contributed by atoms with van der Waals surface area (Å²) in [6.45, 7) is 6.24. The largest absolute Gasteiger partial charge is 0.508 e. The summed E-state index contributed by atoms with van der Waals surface area (Å²) in [6.07, 6.45) is 8.79. The van der Waals surface area contributed by atoms with Crippen LogP contribution in [0.25, 0.3) is 43.8 Å². The van der Waals surface area contributed by atoms with Gasteiger partial charge in [0.05, 0.1) is 28.9 Å². The molecule has 9 nitrogen and oxygen atoms in total. The fourth-order valence-electron chi connectivity index (χ4n) is 9.27. The summed E-state index contributed by atoms with van der Waals surface area (Å²) in [6, 6.07) is 7.49.